The first-order chi connectivity index (χ1) is 7.36. The molecule has 0 aliphatic rings. The van der Waals surface area contributed by atoms with Crippen LogP contribution in [0.1, 0.15) is 26.3 Å². The number of hydrogen-bond acceptors (Lipinski definition) is 3. The second-order valence-electron chi connectivity index (χ2n) is 4.29. The molecule has 0 saturated carbocycles. The third-order valence-corrected chi connectivity index (χ3v) is 2.31. The molecule has 16 heavy (non-hydrogen) atoms. The van der Waals surface area contributed by atoms with Gasteiger partial charge >= 0.3 is 0 Å². The molecule has 1 aromatic carbocycles. The van der Waals surface area contributed by atoms with Crippen molar-refractivity contribution in [3.63, 3.8) is 0 Å². The predicted octanol–water partition coefficient (Wildman–Crippen LogP) is 1.78. The van der Waals surface area contributed by atoms with Gasteiger partial charge in [-0.05, 0) is 38.5 Å². The largest absolute Gasteiger partial charge is 0.488 e. The van der Waals surface area contributed by atoms with E-state index in [0.717, 1.165) is 0 Å². The third kappa shape index (κ3) is 2.93. The number of hydrogen-bond donors (Lipinski definition) is 2. The van der Waals surface area contributed by atoms with Gasteiger partial charge in [-0.3, -0.25) is 0 Å². The molecule has 0 spiro atoms. The molecule has 4 heteroatoms. The van der Waals surface area contributed by atoms with E-state index in [1.54, 1.807) is 13.0 Å². The topological polar surface area (TPSA) is 55.5 Å². The number of rotatable bonds is 4. The summed E-state index contributed by atoms with van der Waals surface area (Å²) < 4.78 is 18.9. The normalized spacial score (nSPS) is 14.9. The maximum Gasteiger partial charge on any atom is 0.165 e. The highest BCUT2D eigenvalue weighted by atomic mass is 19.1. The quantitative estimate of drug-likeness (QED) is 0.824. The lowest BCUT2D eigenvalue weighted by Crippen LogP contribution is -2.31. The van der Waals surface area contributed by atoms with Crippen LogP contribution in [-0.4, -0.2) is 17.8 Å². The van der Waals surface area contributed by atoms with E-state index < -0.39 is 11.4 Å². The van der Waals surface area contributed by atoms with Crippen molar-refractivity contribution >= 4 is 0 Å². The van der Waals surface area contributed by atoms with E-state index in [-0.39, 0.29) is 18.4 Å². The van der Waals surface area contributed by atoms with Crippen molar-refractivity contribution in [3.8, 4) is 5.75 Å². The van der Waals surface area contributed by atoms with Crippen molar-refractivity contribution in [1.29, 1.82) is 0 Å². The third-order valence-electron chi connectivity index (χ3n) is 2.31. The highest BCUT2D eigenvalue weighted by Crippen LogP contribution is 2.25. The van der Waals surface area contributed by atoms with Crippen LogP contribution >= 0.6 is 0 Å². The monoisotopic (exact) mass is 227 g/mol. The van der Waals surface area contributed by atoms with E-state index >= 15 is 0 Å². The Hall–Kier alpha value is -1.13. The maximum atomic E-state index is 13.6. The van der Waals surface area contributed by atoms with Gasteiger partial charge in [-0.25, -0.2) is 4.39 Å². The SMILES string of the molecule is CC(C)Oc1ccc(C(C)(O)CN)cc1F. The van der Waals surface area contributed by atoms with Crippen LogP contribution in [0.5, 0.6) is 5.75 Å². The summed E-state index contributed by atoms with van der Waals surface area (Å²) in [6.45, 7) is 5.23. The minimum atomic E-state index is -1.21. The predicted molar refractivity (Wildman–Crippen MR) is 60.8 cm³/mol. The van der Waals surface area contributed by atoms with Crippen LogP contribution in [-0.2, 0) is 5.60 Å². The Kier molecular flexibility index (Phi) is 3.88. The minimum Gasteiger partial charge on any atom is -0.488 e. The molecular formula is C12H18FNO2. The molecule has 0 aromatic heterocycles. The number of nitrogens with two attached hydrogens (primary N) is 1. The number of halogens is 1. The van der Waals surface area contributed by atoms with Gasteiger partial charge in [0.2, 0.25) is 0 Å². The first-order valence-electron chi connectivity index (χ1n) is 5.26. The fourth-order valence-electron chi connectivity index (χ4n) is 1.30. The van der Waals surface area contributed by atoms with Crippen LogP contribution in [0.4, 0.5) is 4.39 Å². The molecule has 0 heterocycles. The van der Waals surface area contributed by atoms with Gasteiger partial charge in [0.05, 0.1) is 11.7 Å². The maximum absolute atomic E-state index is 13.6. The lowest BCUT2D eigenvalue weighted by molar-refractivity contribution is 0.0663. The lowest BCUT2D eigenvalue weighted by atomic mass is 9.96. The van der Waals surface area contributed by atoms with Crippen molar-refractivity contribution < 1.29 is 14.2 Å². The molecule has 0 bridgehead atoms. The highest BCUT2D eigenvalue weighted by Gasteiger charge is 2.22. The van der Waals surface area contributed by atoms with Gasteiger partial charge in [-0.15, -0.1) is 0 Å². The zero-order valence-electron chi connectivity index (χ0n) is 9.83. The van der Waals surface area contributed by atoms with Crippen LogP contribution in [0.2, 0.25) is 0 Å². The van der Waals surface area contributed by atoms with Gasteiger partial charge in [-0.2, -0.15) is 0 Å². The summed E-state index contributed by atoms with van der Waals surface area (Å²) in [4.78, 5) is 0. The van der Waals surface area contributed by atoms with Crippen LogP contribution < -0.4 is 10.5 Å². The van der Waals surface area contributed by atoms with Crippen LogP contribution in [0.3, 0.4) is 0 Å². The van der Waals surface area contributed by atoms with Crippen molar-refractivity contribution in [2.75, 3.05) is 6.54 Å². The van der Waals surface area contributed by atoms with Gasteiger partial charge in [0.1, 0.15) is 0 Å². The van der Waals surface area contributed by atoms with Gasteiger partial charge < -0.3 is 15.6 Å². The first-order valence-corrected chi connectivity index (χ1v) is 5.26. The summed E-state index contributed by atoms with van der Waals surface area (Å²) >= 11 is 0. The summed E-state index contributed by atoms with van der Waals surface area (Å²) in [6.07, 6.45) is -0.0876. The van der Waals surface area contributed by atoms with Crippen LogP contribution in [0, 0.1) is 5.82 Å². The molecule has 3 N–H and O–H groups in total. The van der Waals surface area contributed by atoms with Gasteiger partial charge in [0, 0.05) is 6.54 Å². The standard InChI is InChI=1S/C12H18FNO2/c1-8(2)16-11-5-4-9(6-10(11)13)12(3,15)7-14/h4-6,8,15H,7,14H2,1-3H3. The zero-order chi connectivity index (χ0) is 12.3. The van der Waals surface area contributed by atoms with Crippen molar-refractivity contribution in [3.05, 3.63) is 29.6 Å². The van der Waals surface area contributed by atoms with Crippen molar-refractivity contribution in [2.24, 2.45) is 5.73 Å². The van der Waals surface area contributed by atoms with Gasteiger partial charge in [-0.1, -0.05) is 6.07 Å². The van der Waals surface area contributed by atoms with Crippen LogP contribution in [0.25, 0.3) is 0 Å². The van der Waals surface area contributed by atoms with E-state index in [2.05, 4.69) is 0 Å². The molecule has 90 valence electrons. The average Bonchev–Trinajstić information content (AvgIpc) is 2.20. The Morgan fingerprint density at radius 1 is 1.50 bits per heavy atom. The Bertz CT molecular complexity index is 364. The molecule has 0 fully saturated rings. The fraction of sp³-hybridized carbons (Fsp3) is 0.500. The van der Waals surface area contributed by atoms with Crippen LogP contribution in [0.15, 0.2) is 18.2 Å². The summed E-state index contributed by atoms with van der Waals surface area (Å²) in [6, 6.07) is 4.38. The van der Waals surface area contributed by atoms with Crippen molar-refractivity contribution in [1.82, 2.24) is 0 Å². The number of ether oxygens (including phenoxy) is 1. The van der Waals surface area contributed by atoms with E-state index in [1.165, 1.54) is 12.1 Å². The van der Waals surface area contributed by atoms with E-state index in [1.807, 2.05) is 13.8 Å². The highest BCUT2D eigenvalue weighted by molar-refractivity contribution is 5.32. The molecule has 1 rings (SSSR count). The molecule has 0 radical (unpaired) electrons. The summed E-state index contributed by atoms with van der Waals surface area (Å²) in [7, 11) is 0. The molecule has 0 saturated heterocycles. The van der Waals surface area contributed by atoms with Gasteiger partial charge in [0.25, 0.3) is 0 Å². The second kappa shape index (κ2) is 4.80. The minimum absolute atomic E-state index is 0.0385. The average molecular weight is 227 g/mol. The summed E-state index contributed by atoms with van der Waals surface area (Å²) in [5, 5.41) is 9.86. The first kappa shape index (κ1) is 12.9. The molecule has 1 unspecified atom stereocenters. The molecular weight excluding hydrogens is 209 g/mol. The Balaban J connectivity index is 2.99. The Morgan fingerprint density at radius 2 is 2.12 bits per heavy atom. The van der Waals surface area contributed by atoms with E-state index in [9.17, 15) is 9.50 Å². The Labute approximate surface area is 95.0 Å². The Morgan fingerprint density at radius 3 is 2.56 bits per heavy atom. The molecule has 1 atom stereocenters. The summed E-state index contributed by atoms with van der Waals surface area (Å²) in [5.41, 5.74) is 4.64. The van der Waals surface area contributed by atoms with Crippen molar-refractivity contribution in [2.45, 2.75) is 32.5 Å². The second-order valence-corrected chi connectivity index (χ2v) is 4.29. The smallest absolute Gasteiger partial charge is 0.165 e. The zero-order valence-corrected chi connectivity index (χ0v) is 9.83. The molecule has 0 aliphatic heterocycles. The molecule has 1 aromatic rings. The van der Waals surface area contributed by atoms with E-state index in [4.69, 9.17) is 10.5 Å². The van der Waals surface area contributed by atoms with Gasteiger partial charge in [0.15, 0.2) is 11.6 Å². The molecule has 0 aliphatic carbocycles. The number of aliphatic hydroxyl groups is 1. The summed E-state index contributed by atoms with van der Waals surface area (Å²) in [5.74, 6) is -0.300. The lowest BCUT2D eigenvalue weighted by Gasteiger charge is -2.22. The number of benzene rings is 1. The molecule has 3 nitrogen and oxygen atoms in total. The van der Waals surface area contributed by atoms with E-state index in [0.29, 0.717) is 5.56 Å². The fourth-order valence-corrected chi connectivity index (χ4v) is 1.30. The molecule has 0 amide bonds.